The van der Waals surface area contributed by atoms with E-state index in [0.717, 1.165) is 31.2 Å². The van der Waals surface area contributed by atoms with Crippen molar-refractivity contribution >= 4 is 5.91 Å². The minimum atomic E-state index is -0.437. The maximum Gasteiger partial charge on any atom is 0.237 e. The van der Waals surface area contributed by atoms with Crippen molar-refractivity contribution in [3.63, 3.8) is 0 Å². The van der Waals surface area contributed by atoms with E-state index in [0.29, 0.717) is 19.5 Å². The summed E-state index contributed by atoms with van der Waals surface area (Å²) in [6.07, 6.45) is 4.32. The highest BCUT2D eigenvalue weighted by Gasteiger charge is 2.37. The van der Waals surface area contributed by atoms with Crippen LogP contribution in [0.2, 0.25) is 0 Å². The Morgan fingerprint density at radius 3 is 2.59 bits per heavy atom. The number of rotatable bonds is 4. The van der Waals surface area contributed by atoms with Crippen molar-refractivity contribution in [1.29, 1.82) is 0 Å². The Labute approximate surface area is 130 Å². The molecule has 1 aromatic rings. The van der Waals surface area contributed by atoms with Crippen molar-refractivity contribution in [3.05, 3.63) is 35.6 Å². The van der Waals surface area contributed by atoms with Gasteiger partial charge in [-0.1, -0.05) is 25.0 Å². The molecule has 5 heteroatoms. The fourth-order valence-electron chi connectivity index (χ4n) is 3.72. The van der Waals surface area contributed by atoms with E-state index >= 15 is 0 Å². The number of nitrogens with one attached hydrogen (secondary N) is 2. The van der Waals surface area contributed by atoms with Gasteiger partial charge in [-0.05, 0) is 37.0 Å². The van der Waals surface area contributed by atoms with Crippen LogP contribution >= 0.6 is 0 Å². The van der Waals surface area contributed by atoms with Gasteiger partial charge >= 0.3 is 0 Å². The van der Waals surface area contributed by atoms with Crippen molar-refractivity contribution in [2.24, 2.45) is 0 Å². The molecule has 2 fully saturated rings. The van der Waals surface area contributed by atoms with E-state index in [1.807, 2.05) is 12.1 Å². The molecule has 1 saturated carbocycles. The summed E-state index contributed by atoms with van der Waals surface area (Å²) in [5, 5.41) is 15.6. The topological polar surface area (TPSA) is 61.4 Å². The van der Waals surface area contributed by atoms with E-state index in [4.69, 9.17) is 0 Å². The summed E-state index contributed by atoms with van der Waals surface area (Å²) >= 11 is 0. The van der Waals surface area contributed by atoms with Gasteiger partial charge in [-0.3, -0.25) is 4.79 Å². The first kappa shape index (κ1) is 15.4. The fraction of sp³-hybridized carbons (Fsp3) is 0.588. The van der Waals surface area contributed by atoms with Crippen LogP contribution in [-0.4, -0.2) is 36.2 Å². The molecule has 3 N–H and O–H groups in total. The van der Waals surface area contributed by atoms with Crippen LogP contribution in [0.1, 0.15) is 37.7 Å². The number of benzene rings is 1. The largest absolute Gasteiger partial charge is 0.392 e. The van der Waals surface area contributed by atoms with Gasteiger partial charge in [0.2, 0.25) is 5.91 Å². The predicted molar refractivity (Wildman–Crippen MR) is 82.0 cm³/mol. The summed E-state index contributed by atoms with van der Waals surface area (Å²) in [6, 6.07) is 6.36. The quantitative estimate of drug-likeness (QED) is 0.789. The lowest BCUT2D eigenvalue weighted by molar-refractivity contribution is -0.123. The number of aliphatic hydroxyl groups is 1. The Morgan fingerprint density at radius 1 is 1.32 bits per heavy atom. The van der Waals surface area contributed by atoms with Gasteiger partial charge in [-0.15, -0.1) is 0 Å². The summed E-state index contributed by atoms with van der Waals surface area (Å²) in [6.45, 7) is 1.05. The summed E-state index contributed by atoms with van der Waals surface area (Å²) in [5.74, 6) is -0.282. The minimum absolute atomic E-state index is 0.0510. The zero-order valence-electron chi connectivity index (χ0n) is 12.6. The van der Waals surface area contributed by atoms with Crippen molar-refractivity contribution < 1.29 is 14.3 Å². The Balaban J connectivity index is 1.67. The molecular weight excluding hydrogens is 283 g/mol. The Morgan fingerprint density at radius 2 is 2.00 bits per heavy atom. The van der Waals surface area contributed by atoms with Crippen LogP contribution in [0, 0.1) is 5.82 Å². The summed E-state index contributed by atoms with van der Waals surface area (Å²) < 4.78 is 13.2. The van der Waals surface area contributed by atoms with Gasteiger partial charge in [0.1, 0.15) is 5.82 Å². The first-order valence-electron chi connectivity index (χ1n) is 8.04. The zero-order chi connectivity index (χ0) is 15.6. The molecule has 1 saturated heterocycles. The number of halogens is 1. The van der Waals surface area contributed by atoms with E-state index in [-0.39, 0.29) is 23.2 Å². The molecule has 1 heterocycles. The number of carbonyl (C=O) groups is 1. The molecule has 1 aromatic carbocycles. The van der Waals surface area contributed by atoms with Gasteiger partial charge < -0.3 is 15.7 Å². The van der Waals surface area contributed by atoms with Crippen molar-refractivity contribution in [2.45, 2.75) is 49.7 Å². The SMILES string of the molecule is O=C(NCC1(c2ccc(F)cc2)CCCC1)[C@@H]1C[C@H](O)CN1. The molecule has 0 radical (unpaired) electrons. The number of hydrogen-bond acceptors (Lipinski definition) is 3. The molecule has 0 spiro atoms. The lowest BCUT2D eigenvalue weighted by Gasteiger charge is -2.30. The Hall–Kier alpha value is -1.46. The highest BCUT2D eigenvalue weighted by atomic mass is 19.1. The maximum absolute atomic E-state index is 13.2. The number of amides is 1. The fourth-order valence-corrected chi connectivity index (χ4v) is 3.72. The third-order valence-corrected chi connectivity index (χ3v) is 5.04. The molecule has 0 aromatic heterocycles. The molecule has 1 amide bonds. The van der Waals surface area contributed by atoms with Crippen LogP contribution in [0.25, 0.3) is 0 Å². The second-order valence-electron chi connectivity index (χ2n) is 6.56. The molecule has 4 nitrogen and oxygen atoms in total. The van der Waals surface area contributed by atoms with E-state index in [9.17, 15) is 14.3 Å². The van der Waals surface area contributed by atoms with Crippen LogP contribution in [-0.2, 0) is 10.2 Å². The van der Waals surface area contributed by atoms with Crippen LogP contribution in [0.3, 0.4) is 0 Å². The average Bonchev–Trinajstić information content (AvgIpc) is 3.15. The highest BCUT2D eigenvalue weighted by molar-refractivity contribution is 5.82. The Bertz CT molecular complexity index is 526. The molecule has 1 aliphatic carbocycles. The normalized spacial score (nSPS) is 27.0. The smallest absolute Gasteiger partial charge is 0.237 e. The number of β-amino-alcohol motifs (C(OH)–C–C–N with tert-alkyl or cyclic N) is 1. The second-order valence-corrected chi connectivity index (χ2v) is 6.56. The van der Waals surface area contributed by atoms with E-state index < -0.39 is 6.10 Å². The standard InChI is InChI=1S/C17H23FN2O2/c18-13-5-3-12(4-6-13)17(7-1-2-8-17)11-20-16(22)15-9-14(21)10-19-15/h3-6,14-15,19,21H,1-2,7-11H2,(H,20,22)/t14-,15-/m0/s1. The van der Waals surface area contributed by atoms with Crippen LogP contribution < -0.4 is 10.6 Å². The number of hydrogen-bond donors (Lipinski definition) is 3. The molecule has 1 aliphatic heterocycles. The maximum atomic E-state index is 13.2. The second kappa shape index (κ2) is 6.34. The van der Waals surface area contributed by atoms with Crippen molar-refractivity contribution in [2.75, 3.05) is 13.1 Å². The van der Waals surface area contributed by atoms with Crippen LogP contribution in [0.4, 0.5) is 4.39 Å². The molecule has 3 rings (SSSR count). The van der Waals surface area contributed by atoms with Gasteiger partial charge in [0.25, 0.3) is 0 Å². The third kappa shape index (κ3) is 3.15. The van der Waals surface area contributed by atoms with E-state index in [1.54, 1.807) is 0 Å². The van der Waals surface area contributed by atoms with Gasteiger partial charge in [0.15, 0.2) is 0 Å². The highest BCUT2D eigenvalue weighted by Crippen LogP contribution is 2.40. The first-order valence-corrected chi connectivity index (χ1v) is 8.04. The molecule has 2 atom stereocenters. The third-order valence-electron chi connectivity index (χ3n) is 5.04. The monoisotopic (exact) mass is 306 g/mol. The van der Waals surface area contributed by atoms with Gasteiger partial charge in [0, 0.05) is 18.5 Å². The molecule has 0 unspecified atom stereocenters. The summed E-state index contributed by atoms with van der Waals surface area (Å²) in [5.41, 5.74) is 1.02. The van der Waals surface area contributed by atoms with E-state index in [1.165, 1.54) is 12.1 Å². The van der Waals surface area contributed by atoms with Crippen molar-refractivity contribution in [3.8, 4) is 0 Å². The molecular formula is C17H23FN2O2. The average molecular weight is 306 g/mol. The lowest BCUT2D eigenvalue weighted by atomic mass is 9.78. The first-order chi connectivity index (χ1) is 10.6. The number of aliphatic hydroxyl groups excluding tert-OH is 1. The molecule has 2 aliphatic rings. The summed E-state index contributed by atoms with van der Waals surface area (Å²) in [4.78, 5) is 12.2. The van der Waals surface area contributed by atoms with Crippen LogP contribution in [0.15, 0.2) is 24.3 Å². The van der Waals surface area contributed by atoms with Crippen molar-refractivity contribution in [1.82, 2.24) is 10.6 Å². The lowest BCUT2D eigenvalue weighted by Crippen LogP contribution is -2.46. The molecule has 0 bridgehead atoms. The minimum Gasteiger partial charge on any atom is -0.392 e. The number of carbonyl (C=O) groups excluding carboxylic acids is 1. The van der Waals surface area contributed by atoms with Crippen LogP contribution in [0.5, 0.6) is 0 Å². The van der Waals surface area contributed by atoms with Gasteiger partial charge in [-0.25, -0.2) is 4.39 Å². The predicted octanol–water partition coefficient (Wildman–Crippen LogP) is 1.48. The van der Waals surface area contributed by atoms with E-state index in [2.05, 4.69) is 10.6 Å². The Kier molecular flexibility index (Phi) is 4.45. The molecule has 22 heavy (non-hydrogen) atoms. The molecule has 120 valence electrons. The van der Waals surface area contributed by atoms with Gasteiger partial charge in [-0.2, -0.15) is 0 Å². The van der Waals surface area contributed by atoms with Gasteiger partial charge in [0.05, 0.1) is 12.1 Å². The summed E-state index contributed by atoms with van der Waals surface area (Å²) in [7, 11) is 0. The zero-order valence-corrected chi connectivity index (χ0v) is 12.6.